The molecule has 30 heavy (non-hydrogen) atoms. The Bertz CT molecular complexity index is 1100. The molecule has 0 saturated heterocycles. The predicted molar refractivity (Wildman–Crippen MR) is 113 cm³/mol. The first-order valence-electron chi connectivity index (χ1n) is 9.50. The third kappa shape index (κ3) is 3.72. The van der Waals surface area contributed by atoms with Crippen LogP contribution in [0.15, 0.2) is 40.5 Å². The first-order chi connectivity index (χ1) is 14.3. The first kappa shape index (κ1) is 21.3. The van der Waals surface area contributed by atoms with Crippen LogP contribution in [0.1, 0.15) is 22.7 Å². The van der Waals surface area contributed by atoms with Crippen molar-refractivity contribution in [1.29, 1.82) is 5.26 Å². The van der Waals surface area contributed by atoms with Crippen LogP contribution >= 0.6 is 0 Å². The van der Waals surface area contributed by atoms with Crippen molar-refractivity contribution < 1.29 is 14.2 Å². The summed E-state index contributed by atoms with van der Waals surface area (Å²) in [6.45, 7) is 3.05. The van der Waals surface area contributed by atoms with Gasteiger partial charge in [0, 0.05) is 30.4 Å². The van der Waals surface area contributed by atoms with Gasteiger partial charge in [0.05, 0.1) is 25.7 Å². The lowest BCUT2D eigenvalue weighted by atomic mass is 9.83. The van der Waals surface area contributed by atoms with Crippen molar-refractivity contribution >= 4 is 0 Å². The van der Waals surface area contributed by atoms with Crippen LogP contribution in [0.25, 0.3) is 0 Å². The van der Waals surface area contributed by atoms with E-state index in [1.165, 1.54) is 7.11 Å². The van der Waals surface area contributed by atoms with Crippen LogP contribution in [0.2, 0.25) is 0 Å². The fourth-order valence-corrected chi connectivity index (χ4v) is 3.64. The first-order valence-corrected chi connectivity index (χ1v) is 9.50. The molecule has 1 aromatic heterocycles. The number of aromatic nitrogens is 1. The van der Waals surface area contributed by atoms with E-state index in [2.05, 4.69) is 6.07 Å². The molecular weight excluding hydrogens is 384 g/mol. The number of nitrogens with zero attached hydrogens (tertiary/aromatic N) is 3. The van der Waals surface area contributed by atoms with E-state index in [9.17, 15) is 10.1 Å². The summed E-state index contributed by atoms with van der Waals surface area (Å²) in [6, 6.07) is 9.16. The number of nitriles is 1. The van der Waals surface area contributed by atoms with Gasteiger partial charge in [-0.3, -0.25) is 4.79 Å². The maximum absolute atomic E-state index is 13.6. The molecule has 8 nitrogen and oxygen atoms in total. The fourth-order valence-electron chi connectivity index (χ4n) is 3.64. The van der Waals surface area contributed by atoms with E-state index in [4.69, 9.17) is 19.9 Å². The van der Waals surface area contributed by atoms with Crippen molar-refractivity contribution in [2.45, 2.75) is 19.4 Å². The Kier molecular flexibility index (Phi) is 6.04. The highest BCUT2D eigenvalue weighted by molar-refractivity contribution is 5.59. The number of methoxy groups -OCH3 is 2. The summed E-state index contributed by atoms with van der Waals surface area (Å²) >= 11 is 0. The summed E-state index contributed by atoms with van der Waals surface area (Å²) < 4.78 is 18.3. The van der Waals surface area contributed by atoms with Crippen molar-refractivity contribution in [3.05, 3.63) is 62.9 Å². The van der Waals surface area contributed by atoms with E-state index in [0.717, 1.165) is 5.69 Å². The van der Waals surface area contributed by atoms with Crippen LogP contribution in [-0.4, -0.2) is 44.3 Å². The minimum absolute atomic E-state index is 0.0234. The number of nitrogens with two attached hydrogens (primary N) is 1. The Balaban J connectivity index is 2.31. The van der Waals surface area contributed by atoms with Crippen molar-refractivity contribution in [3.63, 3.8) is 0 Å². The smallest absolute Gasteiger partial charge is 0.258 e. The van der Waals surface area contributed by atoms with Gasteiger partial charge in [0.1, 0.15) is 28.9 Å². The zero-order valence-corrected chi connectivity index (χ0v) is 17.9. The van der Waals surface area contributed by atoms with E-state index in [1.54, 1.807) is 35.9 Å². The Morgan fingerprint density at radius 3 is 2.60 bits per heavy atom. The Morgan fingerprint density at radius 2 is 2.00 bits per heavy atom. The molecule has 0 aliphatic carbocycles. The molecule has 0 saturated carbocycles. The zero-order chi connectivity index (χ0) is 22.0. The molecule has 8 heteroatoms. The van der Waals surface area contributed by atoms with Crippen molar-refractivity contribution in [2.75, 3.05) is 34.9 Å². The lowest BCUT2D eigenvalue weighted by Crippen LogP contribution is -2.34. The second-order valence-electron chi connectivity index (χ2n) is 7.36. The second kappa shape index (κ2) is 8.51. The number of hydrogen-bond donors (Lipinski definition) is 1. The fraction of sp³-hybridized carbons (Fsp3) is 0.364. The van der Waals surface area contributed by atoms with Crippen molar-refractivity contribution in [2.24, 2.45) is 5.73 Å². The molecule has 0 bridgehead atoms. The highest BCUT2D eigenvalue weighted by Gasteiger charge is 2.36. The van der Waals surface area contributed by atoms with Gasteiger partial charge in [-0.05, 0) is 39.2 Å². The molecule has 1 aliphatic rings. The molecule has 2 heterocycles. The molecule has 3 rings (SSSR count). The highest BCUT2D eigenvalue weighted by Crippen LogP contribution is 2.44. The van der Waals surface area contributed by atoms with Crippen molar-refractivity contribution in [1.82, 2.24) is 9.47 Å². The van der Waals surface area contributed by atoms with E-state index < -0.39 is 5.92 Å². The van der Waals surface area contributed by atoms with Crippen LogP contribution in [0, 0.1) is 18.3 Å². The second-order valence-corrected chi connectivity index (χ2v) is 7.36. The highest BCUT2D eigenvalue weighted by atomic mass is 16.5. The number of hydrogen-bond acceptors (Lipinski definition) is 7. The van der Waals surface area contributed by atoms with Gasteiger partial charge in [-0.25, -0.2) is 0 Å². The Morgan fingerprint density at radius 1 is 1.27 bits per heavy atom. The van der Waals surface area contributed by atoms with Gasteiger partial charge in [0.15, 0.2) is 0 Å². The number of fused-ring (bicyclic) bond motifs is 1. The third-order valence-electron chi connectivity index (χ3n) is 5.21. The maximum Gasteiger partial charge on any atom is 0.258 e. The normalized spacial score (nSPS) is 15.4. The zero-order valence-electron chi connectivity index (χ0n) is 17.9. The molecule has 0 spiro atoms. The van der Waals surface area contributed by atoms with Gasteiger partial charge in [-0.15, -0.1) is 0 Å². The van der Waals surface area contributed by atoms with Gasteiger partial charge in [0.25, 0.3) is 5.56 Å². The van der Waals surface area contributed by atoms with Gasteiger partial charge >= 0.3 is 0 Å². The molecule has 0 fully saturated rings. The van der Waals surface area contributed by atoms with Crippen LogP contribution in [-0.2, 0) is 6.54 Å². The van der Waals surface area contributed by atoms with Crippen molar-refractivity contribution in [3.8, 4) is 23.3 Å². The average molecular weight is 410 g/mol. The summed E-state index contributed by atoms with van der Waals surface area (Å²) in [5, 5.41) is 9.84. The summed E-state index contributed by atoms with van der Waals surface area (Å²) in [5.74, 6) is 0.695. The number of likely N-dealkylation sites (N-methyl/N-ethyl adjacent to an activating group) is 1. The van der Waals surface area contributed by atoms with Crippen LogP contribution < -0.4 is 25.5 Å². The predicted octanol–water partition coefficient (Wildman–Crippen LogP) is 1.95. The van der Waals surface area contributed by atoms with E-state index >= 15 is 0 Å². The summed E-state index contributed by atoms with van der Waals surface area (Å²) in [6.07, 6.45) is 0. The van der Waals surface area contributed by atoms with E-state index in [1.807, 2.05) is 25.9 Å². The van der Waals surface area contributed by atoms with E-state index in [0.29, 0.717) is 41.5 Å². The standard InChI is InChI=1S/C22H26N4O4/c1-13-10-18-20(22(27)26(13)9-8-25(2)3)19(16(12-23)21(24)30-18)15-11-14(28-4)6-7-17(15)29-5/h6-7,10-11,19H,8-9,24H2,1-5H3/t19-/m0/s1. The van der Waals surface area contributed by atoms with Gasteiger partial charge < -0.3 is 29.4 Å². The van der Waals surface area contributed by atoms with Gasteiger partial charge in [-0.1, -0.05) is 0 Å². The Labute approximate surface area is 175 Å². The van der Waals surface area contributed by atoms with Crippen LogP contribution in [0.4, 0.5) is 0 Å². The monoisotopic (exact) mass is 410 g/mol. The molecule has 1 atom stereocenters. The minimum Gasteiger partial charge on any atom is -0.497 e. The lowest BCUT2D eigenvalue weighted by molar-refractivity contribution is 0.367. The lowest BCUT2D eigenvalue weighted by Gasteiger charge is -2.28. The molecule has 0 unspecified atom stereocenters. The molecule has 2 aromatic rings. The van der Waals surface area contributed by atoms with Crippen LogP contribution in [0.5, 0.6) is 17.2 Å². The largest absolute Gasteiger partial charge is 0.497 e. The summed E-state index contributed by atoms with van der Waals surface area (Å²) in [7, 11) is 6.98. The molecular formula is C22H26N4O4. The molecule has 0 radical (unpaired) electrons. The quantitative estimate of drug-likeness (QED) is 0.776. The number of pyridine rings is 1. The Hall–Kier alpha value is -3.44. The van der Waals surface area contributed by atoms with Crippen LogP contribution in [0.3, 0.4) is 0 Å². The molecule has 1 aromatic carbocycles. The number of benzene rings is 1. The SMILES string of the molecule is COc1ccc(OC)c([C@H]2C(C#N)=C(N)Oc3cc(C)n(CCN(C)C)c(=O)c32)c1. The number of allylic oxidation sites excluding steroid dienone is 1. The van der Waals surface area contributed by atoms with E-state index in [-0.39, 0.29) is 17.0 Å². The maximum atomic E-state index is 13.6. The van der Waals surface area contributed by atoms with Gasteiger partial charge in [0.2, 0.25) is 5.88 Å². The molecule has 1 aliphatic heterocycles. The number of aryl methyl sites for hydroxylation is 1. The minimum atomic E-state index is -0.734. The average Bonchev–Trinajstić information content (AvgIpc) is 2.71. The summed E-state index contributed by atoms with van der Waals surface area (Å²) in [4.78, 5) is 15.6. The topological polar surface area (TPSA) is 103 Å². The summed E-state index contributed by atoms with van der Waals surface area (Å²) in [5.41, 5.74) is 7.74. The molecule has 0 amide bonds. The van der Waals surface area contributed by atoms with Gasteiger partial charge in [-0.2, -0.15) is 5.26 Å². The molecule has 2 N–H and O–H groups in total. The third-order valence-corrected chi connectivity index (χ3v) is 5.21. The molecule has 158 valence electrons. The number of rotatable bonds is 6. The number of ether oxygens (including phenoxy) is 3.